The molecule has 7 heteroatoms. The molecule has 0 aliphatic carbocycles. The molecule has 2 aromatic carbocycles. The van der Waals surface area contributed by atoms with Gasteiger partial charge in [0.15, 0.2) is 0 Å². The average Bonchev–Trinajstić information content (AvgIpc) is 2.72. The fourth-order valence-corrected chi connectivity index (χ4v) is 3.17. The molecule has 0 aliphatic rings. The molecular weight excluding hydrogens is 404 g/mol. The van der Waals surface area contributed by atoms with Crippen molar-refractivity contribution in [1.29, 1.82) is 0 Å². The van der Waals surface area contributed by atoms with Crippen molar-refractivity contribution in [2.24, 2.45) is 0 Å². The first-order valence-corrected chi connectivity index (χ1v) is 10.5. The van der Waals surface area contributed by atoms with Gasteiger partial charge in [-0.15, -0.1) is 0 Å². The molecule has 0 aliphatic heterocycles. The van der Waals surface area contributed by atoms with Crippen molar-refractivity contribution in [2.45, 2.75) is 39.7 Å². The minimum absolute atomic E-state index is 0.0110. The summed E-state index contributed by atoms with van der Waals surface area (Å²) in [7, 11) is 0. The van der Waals surface area contributed by atoms with Crippen LogP contribution in [0.1, 0.15) is 54.8 Å². The van der Waals surface area contributed by atoms with E-state index >= 15 is 0 Å². The highest BCUT2D eigenvalue weighted by Crippen LogP contribution is 2.30. The van der Waals surface area contributed by atoms with E-state index < -0.39 is 5.54 Å². The minimum atomic E-state index is -0.422. The number of benzene rings is 2. The van der Waals surface area contributed by atoms with E-state index in [1.165, 1.54) is 6.92 Å². The van der Waals surface area contributed by atoms with Gasteiger partial charge in [-0.3, -0.25) is 19.4 Å². The molecule has 0 saturated carbocycles. The molecule has 7 nitrogen and oxygen atoms in total. The highest BCUT2D eigenvalue weighted by atomic mass is 16.2. The lowest BCUT2D eigenvalue weighted by atomic mass is 10.0. The number of carbonyl (C=O) groups excluding carboxylic acids is 3. The summed E-state index contributed by atoms with van der Waals surface area (Å²) in [5.74, 6) is -0.540. The van der Waals surface area contributed by atoms with E-state index in [2.05, 4.69) is 20.9 Å². The molecule has 3 rings (SSSR count). The van der Waals surface area contributed by atoms with Gasteiger partial charge in [-0.1, -0.05) is 18.2 Å². The Morgan fingerprint density at radius 3 is 2.34 bits per heavy atom. The van der Waals surface area contributed by atoms with E-state index in [1.54, 1.807) is 24.4 Å². The van der Waals surface area contributed by atoms with Gasteiger partial charge in [0.2, 0.25) is 0 Å². The second kappa shape index (κ2) is 9.60. The van der Waals surface area contributed by atoms with Crippen molar-refractivity contribution in [2.75, 3.05) is 11.9 Å². The van der Waals surface area contributed by atoms with Crippen LogP contribution >= 0.6 is 0 Å². The third-order valence-corrected chi connectivity index (χ3v) is 4.67. The minimum Gasteiger partial charge on any atom is -0.354 e. The zero-order valence-electron chi connectivity index (χ0n) is 18.8. The van der Waals surface area contributed by atoms with Crippen LogP contribution in [0.4, 0.5) is 11.4 Å². The molecule has 0 atom stereocenters. The lowest BCUT2D eigenvalue weighted by Gasteiger charge is -2.22. The van der Waals surface area contributed by atoms with Gasteiger partial charge in [0, 0.05) is 41.3 Å². The fourth-order valence-electron chi connectivity index (χ4n) is 3.17. The molecule has 0 bridgehead atoms. The maximum atomic E-state index is 13.0. The van der Waals surface area contributed by atoms with E-state index in [4.69, 9.17) is 0 Å². The number of aromatic nitrogens is 1. The number of nitrogens with zero attached hydrogens (tertiary/aromatic N) is 1. The van der Waals surface area contributed by atoms with Crippen LogP contribution in [0.5, 0.6) is 0 Å². The van der Waals surface area contributed by atoms with Crippen LogP contribution in [-0.4, -0.2) is 34.7 Å². The Hall–Kier alpha value is -3.74. The summed E-state index contributed by atoms with van der Waals surface area (Å²) in [4.78, 5) is 41.2. The van der Waals surface area contributed by atoms with Crippen LogP contribution in [-0.2, 0) is 4.79 Å². The average molecular weight is 433 g/mol. The van der Waals surface area contributed by atoms with Gasteiger partial charge < -0.3 is 16.0 Å². The van der Waals surface area contributed by atoms with Gasteiger partial charge in [-0.2, -0.15) is 0 Å². The Kier molecular flexibility index (Phi) is 6.88. The van der Waals surface area contributed by atoms with Gasteiger partial charge in [-0.05, 0) is 58.0 Å². The summed E-state index contributed by atoms with van der Waals surface area (Å²) in [6.07, 6.45) is 1.82. The van der Waals surface area contributed by atoms with Crippen LogP contribution < -0.4 is 16.0 Å². The maximum Gasteiger partial charge on any atom is 0.255 e. The number of hydrogen-bond donors (Lipinski definition) is 3. The molecule has 1 heterocycles. The largest absolute Gasteiger partial charge is 0.354 e. The maximum absolute atomic E-state index is 13.0. The molecule has 0 fully saturated rings. The normalized spacial score (nSPS) is 11.1. The van der Waals surface area contributed by atoms with Crippen LogP contribution in [0.2, 0.25) is 0 Å². The lowest BCUT2D eigenvalue weighted by molar-refractivity contribution is -0.116. The number of Topliss-reactive ketones (excluding diaryl/α,β-unsaturated/α-hetero) is 1. The molecule has 32 heavy (non-hydrogen) atoms. The summed E-state index contributed by atoms with van der Waals surface area (Å²) in [6.45, 7) is 7.49. The number of hydrogen-bond acceptors (Lipinski definition) is 5. The Bertz CT molecular complexity index is 1150. The smallest absolute Gasteiger partial charge is 0.255 e. The van der Waals surface area contributed by atoms with Crippen LogP contribution in [0.15, 0.2) is 54.7 Å². The second-order valence-corrected chi connectivity index (χ2v) is 8.68. The highest BCUT2D eigenvalue weighted by Gasteiger charge is 2.21. The molecule has 166 valence electrons. The number of fused-ring (bicyclic) bond motifs is 1. The Labute approximate surface area is 187 Å². The number of nitrogens with one attached hydrogen (secondary N) is 3. The van der Waals surface area contributed by atoms with E-state index in [1.807, 2.05) is 51.1 Å². The SMILES string of the molecule is CC(=O)CCNC(=O)c1ccc2ncc(C(=O)NC(C)(C)C)c(Nc3ccccc3)c2c1. The van der Waals surface area contributed by atoms with Crippen LogP contribution in [0.3, 0.4) is 0 Å². The van der Waals surface area contributed by atoms with Crippen molar-refractivity contribution >= 4 is 39.9 Å². The van der Waals surface area contributed by atoms with Crippen molar-refractivity contribution < 1.29 is 14.4 Å². The molecule has 0 radical (unpaired) electrons. The summed E-state index contributed by atoms with van der Waals surface area (Å²) < 4.78 is 0. The topological polar surface area (TPSA) is 100 Å². The van der Waals surface area contributed by atoms with Gasteiger partial charge in [0.25, 0.3) is 11.8 Å². The van der Waals surface area contributed by atoms with Crippen LogP contribution in [0, 0.1) is 0 Å². The number of carbonyl (C=O) groups is 3. The fraction of sp³-hybridized carbons (Fsp3) is 0.280. The highest BCUT2D eigenvalue weighted by molar-refractivity contribution is 6.10. The monoisotopic (exact) mass is 432 g/mol. The first-order chi connectivity index (χ1) is 15.1. The van der Waals surface area contributed by atoms with Crippen molar-refractivity contribution in [1.82, 2.24) is 15.6 Å². The molecule has 1 aromatic heterocycles. The van der Waals surface area contributed by atoms with Crippen molar-refractivity contribution in [3.63, 3.8) is 0 Å². The third kappa shape index (κ3) is 5.91. The number of ketones is 1. The molecule has 2 amide bonds. The quantitative estimate of drug-likeness (QED) is 0.519. The van der Waals surface area contributed by atoms with Crippen LogP contribution in [0.25, 0.3) is 10.9 Å². The number of anilines is 2. The summed E-state index contributed by atoms with van der Waals surface area (Å²) in [5, 5.41) is 9.70. The summed E-state index contributed by atoms with van der Waals surface area (Å²) in [5.41, 5.74) is 2.41. The molecular formula is C25H28N4O3. The van der Waals surface area contributed by atoms with Gasteiger partial charge in [-0.25, -0.2) is 0 Å². The zero-order chi connectivity index (χ0) is 23.3. The Morgan fingerprint density at radius 2 is 1.69 bits per heavy atom. The first-order valence-electron chi connectivity index (χ1n) is 10.5. The number of pyridine rings is 1. The second-order valence-electron chi connectivity index (χ2n) is 8.68. The number of amides is 2. The van der Waals surface area contributed by atoms with E-state index in [0.29, 0.717) is 27.7 Å². The summed E-state index contributed by atoms with van der Waals surface area (Å²) >= 11 is 0. The Balaban J connectivity index is 2.06. The van der Waals surface area contributed by atoms with Gasteiger partial charge in [0.05, 0.1) is 16.8 Å². The van der Waals surface area contributed by atoms with E-state index in [0.717, 1.165) is 5.69 Å². The predicted molar refractivity (Wildman–Crippen MR) is 126 cm³/mol. The van der Waals surface area contributed by atoms with E-state index in [-0.39, 0.29) is 30.6 Å². The molecule has 0 saturated heterocycles. The van der Waals surface area contributed by atoms with Gasteiger partial charge in [0.1, 0.15) is 5.78 Å². The molecule has 0 spiro atoms. The molecule has 3 N–H and O–H groups in total. The Morgan fingerprint density at radius 1 is 0.969 bits per heavy atom. The standard InChI is InChI=1S/C25H28N4O3/c1-16(30)12-13-26-23(31)17-10-11-21-19(14-17)22(28-18-8-6-5-7-9-18)20(15-27-21)24(32)29-25(2,3)4/h5-11,14-15H,12-13H2,1-4H3,(H,26,31)(H,27,28)(H,29,32). The molecule has 3 aromatic rings. The third-order valence-electron chi connectivity index (χ3n) is 4.67. The van der Waals surface area contributed by atoms with E-state index in [9.17, 15) is 14.4 Å². The summed E-state index contributed by atoms with van der Waals surface area (Å²) in [6, 6.07) is 14.6. The number of rotatable bonds is 7. The lowest BCUT2D eigenvalue weighted by Crippen LogP contribution is -2.40. The number of para-hydroxylation sites is 1. The van der Waals surface area contributed by atoms with Crippen molar-refractivity contribution in [3.8, 4) is 0 Å². The van der Waals surface area contributed by atoms with Crippen molar-refractivity contribution in [3.05, 3.63) is 65.9 Å². The first kappa shape index (κ1) is 22.9. The molecule has 0 unspecified atom stereocenters. The van der Waals surface area contributed by atoms with Gasteiger partial charge >= 0.3 is 0 Å². The zero-order valence-corrected chi connectivity index (χ0v) is 18.8. The predicted octanol–water partition coefficient (Wildman–Crippen LogP) is 4.22.